The number of fused-ring (bicyclic) bond motifs is 4. The van der Waals surface area contributed by atoms with E-state index in [9.17, 15) is 19.5 Å². The quantitative estimate of drug-likeness (QED) is 0.189. The van der Waals surface area contributed by atoms with Crippen LogP contribution >= 0.6 is 11.6 Å². The van der Waals surface area contributed by atoms with Crippen LogP contribution in [0, 0.1) is 0 Å². The Labute approximate surface area is 257 Å². The van der Waals surface area contributed by atoms with Crippen LogP contribution in [0.4, 0.5) is 21.9 Å². The number of alkyl halides is 1. The van der Waals surface area contributed by atoms with Gasteiger partial charge in [-0.05, 0) is 49.9 Å². The Morgan fingerprint density at radius 3 is 2.55 bits per heavy atom. The lowest BCUT2D eigenvalue weighted by Gasteiger charge is -2.19. The van der Waals surface area contributed by atoms with Crippen molar-refractivity contribution in [2.75, 3.05) is 28.0 Å². The summed E-state index contributed by atoms with van der Waals surface area (Å²) in [5.74, 6) is -0.794. The minimum absolute atomic E-state index is 0.0660. The normalized spacial score (nSPS) is 14.6. The molecule has 6 rings (SSSR count). The topological polar surface area (TPSA) is 139 Å². The Morgan fingerprint density at radius 1 is 1.07 bits per heavy atom. The summed E-state index contributed by atoms with van der Waals surface area (Å²) in [5, 5.41) is 17.7. The molecule has 0 fully saturated rings. The summed E-state index contributed by atoms with van der Waals surface area (Å²) in [6.45, 7) is 5.59. The molecular formula is C32H30ClN5O6. The fourth-order valence-electron chi connectivity index (χ4n) is 5.43. The Balaban J connectivity index is 1.22. The summed E-state index contributed by atoms with van der Waals surface area (Å²) < 4.78 is 12.7. The molecule has 11 nitrogen and oxygen atoms in total. The van der Waals surface area contributed by atoms with Crippen LogP contribution in [0.15, 0.2) is 65.2 Å². The highest BCUT2D eigenvalue weighted by molar-refractivity contribution is 6.19. The lowest BCUT2D eigenvalue weighted by Crippen LogP contribution is -2.30. The van der Waals surface area contributed by atoms with Crippen molar-refractivity contribution in [3.63, 3.8) is 0 Å². The van der Waals surface area contributed by atoms with Gasteiger partial charge in [0.1, 0.15) is 22.6 Å². The van der Waals surface area contributed by atoms with E-state index in [2.05, 4.69) is 15.6 Å². The minimum atomic E-state index is -0.660. The Bertz CT molecular complexity index is 1960. The number of aromatic hydroxyl groups is 1. The van der Waals surface area contributed by atoms with Gasteiger partial charge in [0.25, 0.3) is 11.8 Å². The molecule has 5 aromatic rings. The number of anilines is 3. The fourth-order valence-corrected chi connectivity index (χ4v) is 5.68. The Kier molecular flexibility index (Phi) is 7.21. The maximum atomic E-state index is 13.7. The second-order valence-electron chi connectivity index (χ2n) is 11.6. The van der Waals surface area contributed by atoms with Crippen molar-refractivity contribution in [2.45, 2.75) is 32.3 Å². The second kappa shape index (κ2) is 10.9. The van der Waals surface area contributed by atoms with Gasteiger partial charge < -0.3 is 29.0 Å². The van der Waals surface area contributed by atoms with E-state index in [0.29, 0.717) is 51.7 Å². The molecule has 3 heterocycles. The molecule has 1 atom stereocenters. The molecule has 44 heavy (non-hydrogen) atoms. The van der Waals surface area contributed by atoms with Gasteiger partial charge in [-0.1, -0.05) is 24.3 Å². The average molecular weight is 616 g/mol. The third kappa shape index (κ3) is 5.42. The fraction of sp³-hybridized carbons (Fsp3) is 0.250. The maximum absolute atomic E-state index is 13.7. The number of rotatable bonds is 5. The van der Waals surface area contributed by atoms with E-state index in [-0.39, 0.29) is 17.6 Å². The van der Waals surface area contributed by atoms with Crippen LogP contribution in [0.2, 0.25) is 0 Å². The van der Waals surface area contributed by atoms with Gasteiger partial charge >= 0.3 is 12.0 Å². The van der Waals surface area contributed by atoms with Crippen LogP contribution < -0.4 is 15.5 Å². The van der Waals surface area contributed by atoms with Crippen molar-refractivity contribution >= 4 is 68.4 Å². The predicted molar refractivity (Wildman–Crippen MR) is 168 cm³/mol. The number of oxazole rings is 1. The van der Waals surface area contributed by atoms with E-state index in [1.807, 2.05) is 24.3 Å². The van der Waals surface area contributed by atoms with Crippen molar-refractivity contribution in [2.24, 2.45) is 7.05 Å². The third-order valence-electron chi connectivity index (χ3n) is 7.29. The minimum Gasteiger partial charge on any atom is -0.507 e. The highest BCUT2D eigenvalue weighted by atomic mass is 35.5. The van der Waals surface area contributed by atoms with Crippen molar-refractivity contribution in [3.05, 3.63) is 77.9 Å². The number of benzene rings is 3. The number of nitrogens with zero attached hydrogens (tertiary/aromatic N) is 3. The van der Waals surface area contributed by atoms with Gasteiger partial charge in [-0.3, -0.25) is 14.9 Å². The van der Waals surface area contributed by atoms with Gasteiger partial charge in [0.2, 0.25) is 0 Å². The first kappa shape index (κ1) is 29.1. The number of carbonyl (C=O) groups is 3. The van der Waals surface area contributed by atoms with Gasteiger partial charge in [-0.15, -0.1) is 11.6 Å². The van der Waals surface area contributed by atoms with Crippen molar-refractivity contribution in [3.8, 4) is 5.75 Å². The molecule has 0 bridgehead atoms. The molecule has 0 aliphatic carbocycles. The molecule has 3 N–H and O–H groups in total. The summed E-state index contributed by atoms with van der Waals surface area (Å²) in [6.07, 6.45) is 0.974. The summed E-state index contributed by atoms with van der Waals surface area (Å²) in [7, 11) is 1.68. The maximum Gasteiger partial charge on any atom is 0.412 e. The summed E-state index contributed by atoms with van der Waals surface area (Å²) in [4.78, 5) is 44.8. The van der Waals surface area contributed by atoms with E-state index < -0.39 is 23.5 Å². The number of halogens is 1. The first-order valence-corrected chi connectivity index (χ1v) is 14.5. The molecule has 0 saturated heterocycles. The largest absolute Gasteiger partial charge is 0.507 e. The Hall–Kier alpha value is -5.03. The average Bonchev–Trinajstić information content (AvgIpc) is 3.66. The number of ether oxygens (including phenoxy) is 1. The van der Waals surface area contributed by atoms with Crippen molar-refractivity contribution in [1.29, 1.82) is 0 Å². The van der Waals surface area contributed by atoms with Crippen LogP contribution in [0.5, 0.6) is 5.75 Å². The van der Waals surface area contributed by atoms with E-state index in [4.69, 9.17) is 20.8 Å². The van der Waals surface area contributed by atoms with Crippen LogP contribution in [0.1, 0.15) is 53.4 Å². The first-order valence-electron chi connectivity index (χ1n) is 13.9. The summed E-state index contributed by atoms with van der Waals surface area (Å²) in [6, 6.07) is 15.5. The number of phenolic OH excluding ortho intramolecular Hbond substituents is 1. The highest BCUT2D eigenvalue weighted by Crippen LogP contribution is 2.45. The predicted octanol–water partition coefficient (Wildman–Crippen LogP) is 6.61. The molecule has 2 aromatic heterocycles. The molecular weight excluding hydrogens is 586 g/mol. The van der Waals surface area contributed by atoms with Gasteiger partial charge in [-0.25, -0.2) is 9.78 Å². The van der Waals surface area contributed by atoms with E-state index in [1.165, 1.54) is 11.0 Å². The second-order valence-corrected chi connectivity index (χ2v) is 12.0. The van der Waals surface area contributed by atoms with Crippen molar-refractivity contribution in [1.82, 2.24) is 9.55 Å². The number of amides is 3. The van der Waals surface area contributed by atoms with Crippen LogP contribution in [-0.4, -0.2) is 50.6 Å². The molecule has 0 radical (unpaired) electrons. The molecule has 0 unspecified atom stereocenters. The van der Waals surface area contributed by atoms with E-state index >= 15 is 0 Å². The molecule has 226 valence electrons. The van der Waals surface area contributed by atoms with Crippen LogP contribution in [0.25, 0.3) is 21.9 Å². The molecule has 3 aromatic carbocycles. The third-order valence-corrected chi connectivity index (χ3v) is 7.66. The van der Waals surface area contributed by atoms with Gasteiger partial charge in [0, 0.05) is 54.8 Å². The van der Waals surface area contributed by atoms with Crippen LogP contribution in [0.3, 0.4) is 0 Å². The number of hydrogen-bond donors (Lipinski definition) is 3. The zero-order valence-electron chi connectivity index (χ0n) is 24.5. The molecule has 12 heteroatoms. The number of phenols is 1. The number of aryl methyl sites for hydroxylation is 1. The monoisotopic (exact) mass is 615 g/mol. The number of aromatic nitrogens is 2. The van der Waals surface area contributed by atoms with E-state index in [1.54, 1.807) is 62.8 Å². The number of carbonyl (C=O) groups excluding carboxylic acids is 3. The first-order chi connectivity index (χ1) is 20.9. The molecule has 0 saturated carbocycles. The van der Waals surface area contributed by atoms with Crippen molar-refractivity contribution < 1.29 is 28.6 Å². The van der Waals surface area contributed by atoms with Gasteiger partial charge in [-0.2, -0.15) is 0 Å². The lowest BCUT2D eigenvalue weighted by atomic mass is 9.95. The zero-order chi connectivity index (χ0) is 31.3. The van der Waals surface area contributed by atoms with Crippen LogP contribution in [-0.2, 0) is 11.8 Å². The number of nitrogens with one attached hydrogen (secondary N) is 2. The standard InChI is InChI=1S/C32H30ClN5O6/c1-32(2,3)44-31(42)35-19-11-24(37(4)16-19)28(40)34-18-9-10-22-26(12-18)43-29(36-22)30(41)38-15-17(14-33)27-21-8-6-5-7-20(21)25(39)13-23(27)38/h5-13,16-17,39H,14-15H2,1-4H3,(H,34,40)(H,35,42)/t17-/m1/s1. The highest BCUT2D eigenvalue weighted by Gasteiger charge is 2.36. The molecule has 1 aliphatic heterocycles. The van der Waals surface area contributed by atoms with Gasteiger partial charge in [0.15, 0.2) is 5.58 Å². The van der Waals surface area contributed by atoms with Gasteiger partial charge in [0.05, 0.1) is 11.4 Å². The smallest absolute Gasteiger partial charge is 0.412 e. The lowest BCUT2D eigenvalue weighted by molar-refractivity contribution is 0.0635. The zero-order valence-corrected chi connectivity index (χ0v) is 25.2. The SMILES string of the molecule is Cn1cc(NC(=O)OC(C)(C)C)cc1C(=O)Nc1ccc2nc(C(=O)N3C[C@@H](CCl)c4c3cc(O)c3ccccc43)oc2c1. The Morgan fingerprint density at radius 2 is 1.82 bits per heavy atom. The number of hydrogen-bond acceptors (Lipinski definition) is 7. The molecule has 1 aliphatic rings. The van der Waals surface area contributed by atoms with E-state index in [0.717, 1.165) is 10.9 Å². The molecule has 0 spiro atoms. The summed E-state index contributed by atoms with van der Waals surface area (Å²) in [5.41, 5.74) is 2.66. The summed E-state index contributed by atoms with van der Waals surface area (Å²) >= 11 is 6.32. The molecule has 3 amide bonds.